The van der Waals surface area contributed by atoms with Gasteiger partial charge in [-0.2, -0.15) is 20.4 Å². The average Bonchev–Trinajstić information content (AvgIpc) is 0.897. The van der Waals surface area contributed by atoms with E-state index in [1.807, 2.05) is 61.5 Å². The molecular weight excluding hydrogens is 1980 g/mol. The molecule has 27 heteroatoms. The smallest absolute Gasteiger partial charge is 0.272 e. The Morgan fingerprint density at radius 2 is 0.728 bits per heavy atom. The van der Waals surface area contributed by atoms with Crippen LogP contribution in [-0.4, -0.2) is 101 Å². The number of hydrogen-bond donors (Lipinski definition) is 4. The maximum absolute atomic E-state index is 13.5. The first-order chi connectivity index (χ1) is 65.3. The Bertz CT molecular complexity index is 5890. The number of nitrogens with one attached hydrogen (secondary N) is 4. The lowest BCUT2D eigenvalue weighted by Crippen LogP contribution is -2.54. The van der Waals surface area contributed by atoms with Crippen LogP contribution in [0, 0.1) is 99.6 Å². The van der Waals surface area contributed by atoms with E-state index in [2.05, 4.69) is 148 Å². The SMILES string of the molecule is CC1(C)C2CCC(CNC(=O)c3nn(-c4ccc(Cl)cc4Cl)c4c3COc3cc(Br)ccc3-4)C1C2.CC1(C)C2CCC(CNC(=O)c3nn(CCCCCCl)c4c3CCc3cc(Br)ccc3-4)C1C2.CC1(C)C2CCC(CNC(=O)c3nn(CCCCCCl)c4c3CCc3cc(Cl)ccc3-4)C1C2.Cc1ccc2c(c1)OCc1c(C(=O)NCC3CCC4CC3C4(C)C)nn(-c3ccc(Cl)cc3Cl)c1-2. The molecule has 12 fully saturated rings. The summed E-state index contributed by atoms with van der Waals surface area (Å²) in [5, 5.41) is 35.1. The predicted molar refractivity (Wildman–Crippen MR) is 553 cm³/mol. The topological polar surface area (TPSA) is 206 Å². The molecule has 720 valence electrons. The number of nitrogens with zero attached hydrogens (tertiary/aromatic N) is 8. The molecule has 14 aliphatic carbocycles. The molecule has 4 N–H and O–H groups in total. The zero-order valence-corrected chi connectivity index (χ0v) is 87.8. The predicted octanol–water partition coefficient (Wildman–Crippen LogP) is 27.3. The van der Waals surface area contributed by atoms with Gasteiger partial charge in [-0.25, -0.2) is 9.36 Å². The lowest BCUT2D eigenvalue weighted by molar-refractivity contribution is -0.103. The van der Waals surface area contributed by atoms with E-state index in [1.54, 1.807) is 33.6 Å². The second-order valence-corrected chi connectivity index (χ2v) is 47.8. The Hall–Kier alpha value is -7.37. The minimum atomic E-state index is -0.173. The third kappa shape index (κ3) is 18.7. The van der Waals surface area contributed by atoms with Crippen molar-refractivity contribution in [3.63, 3.8) is 0 Å². The van der Waals surface area contributed by atoms with Crippen LogP contribution in [0.3, 0.4) is 0 Å². The number of unbranched alkanes of at least 4 members (excludes halogenated alkanes) is 4. The highest BCUT2D eigenvalue weighted by Gasteiger charge is 2.58. The highest BCUT2D eigenvalue weighted by atomic mass is 79.9. The summed E-state index contributed by atoms with van der Waals surface area (Å²) in [4.78, 5) is 53.7. The van der Waals surface area contributed by atoms with E-state index in [9.17, 15) is 19.2 Å². The summed E-state index contributed by atoms with van der Waals surface area (Å²) in [6.45, 7) is 26.2. The molecule has 10 aromatic rings. The fourth-order valence-corrected chi connectivity index (χ4v) is 28.5. The average molecular weight is 2110 g/mol. The van der Waals surface area contributed by atoms with Gasteiger partial charge in [0.05, 0.1) is 44.2 Å². The van der Waals surface area contributed by atoms with Crippen LogP contribution in [0.15, 0.2) is 118 Å². The van der Waals surface area contributed by atoms with E-state index in [-0.39, 0.29) is 36.8 Å². The molecule has 6 aromatic carbocycles. The van der Waals surface area contributed by atoms with Crippen molar-refractivity contribution in [3.05, 3.63) is 205 Å². The summed E-state index contributed by atoms with van der Waals surface area (Å²) in [6, 6.07) is 35.1. The normalized spacial score (nSPS) is 24.0. The Labute approximate surface area is 852 Å². The maximum atomic E-state index is 13.5. The monoisotopic (exact) mass is 2100 g/mol. The van der Waals surface area contributed by atoms with Gasteiger partial charge in [-0.05, 0) is 336 Å². The number of aromatic nitrogens is 8. The van der Waals surface area contributed by atoms with E-state index in [0.717, 1.165) is 213 Å². The van der Waals surface area contributed by atoms with Crippen LogP contribution in [0.1, 0.15) is 252 Å². The van der Waals surface area contributed by atoms with Crippen LogP contribution in [0.5, 0.6) is 11.5 Å². The van der Waals surface area contributed by atoms with Gasteiger partial charge in [-0.15, -0.1) is 23.2 Å². The summed E-state index contributed by atoms with van der Waals surface area (Å²) in [5.41, 5.74) is 20.4. The number of benzene rings is 6. The molecule has 12 atom stereocenters. The highest BCUT2D eigenvalue weighted by Crippen LogP contribution is 2.65. The minimum Gasteiger partial charge on any atom is -0.488 e. The van der Waals surface area contributed by atoms with Crippen molar-refractivity contribution < 1.29 is 28.7 Å². The summed E-state index contributed by atoms with van der Waals surface area (Å²) >= 11 is 50.6. The van der Waals surface area contributed by atoms with Crippen LogP contribution >= 0.6 is 113 Å². The third-order valence-electron chi connectivity index (χ3n) is 34.6. The van der Waals surface area contributed by atoms with Gasteiger partial charge in [0.25, 0.3) is 23.6 Å². The summed E-state index contributed by atoms with van der Waals surface area (Å²) in [6.07, 6.45) is 24.9. The highest BCUT2D eigenvalue weighted by molar-refractivity contribution is 9.10. The molecule has 4 aromatic heterocycles. The van der Waals surface area contributed by atoms with Gasteiger partial charge in [0.2, 0.25) is 0 Å². The van der Waals surface area contributed by atoms with Crippen LogP contribution < -0.4 is 30.7 Å². The summed E-state index contributed by atoms with van der Waals surface area (Å²) in [7, 11) is 0. The van der Waals surface area contributed by atoms with Gasteiger partial charge >= 0.3 is 0 Å². The Morgan fingerprint density at radius 3 is 1.11 bits per heavy atom. The molecular formula is C109H125Br2Cl7N12O6. The van der Waals surface area contributed by atoms with Gasteiger partial charge in [0.15, 0.2) is 22.8 Å². The van der Waals surface area contributed by atoms with E-state index < -0.39 is 0 Å². The number of carbonyl (C=O) groups excluding carboxylic acids is 4. The fraction of sp³-hybridized carbons (Fsp3) is 0.523. The number of fused-ring (bicyclic) bond motifs is 20. The zero-order chi connectivity index (χ0) is 95.3. The fourth-order valence-electron chi connectivity index (χ4n) is 26.2. The second kappa shape index (κ2) is 39.8. The molecule has 26 rings (SSSR count). The van der Waals surface area contributed by atoms with Crippen molar-refractivity contribution in [2.75, 3.05) is 37.9 Å². The lowest BCUT2D eigenvalue weighted by atomic mass is 9.45. The molecule has 136 heavy (non-hydrogen) atoms. The number of rotatable bonds is 24. The Morgan fingerprint density at radius 1 is 0.382 bits per heavy atom. The van der Waals surface area contributed by atoms with Crippen molar-refractivity contribution in [3.8, 4) is 67.9 Å². The number of carbonyl (C=O) groups is 4. The molecule has 12 unspecified atom stereocenters. The lowest BCUT2D eigenvalue weighted by Gasteiger charge is -2.60. The van der Waals surface area contributed by atoms with Crippen LogP contribution in [0.4, 0.5) is 0 Å². The van der Waals surface area contributed by atoms with Gasteiger partial charge in [-0.3, -0.25) is 28.5 Å². The standard InChI is InChI=1S/C28H29Cl2N3O2.C27H26BrCl2N3O2.C27H35BrClN3O.C27H35Cl2N3O/c1-15-4-8-19-24(10-15)35-14-20-25(32-33(26(19)20)23-9-7-18(29)12-22(23)30)27(34)31-13-16-5-6-17-11-21(16)28(17,2)3;1-27(2)15-4-3-14(20(27)9-15)12-31-26(34)24-19-13-35-23-10-16(28)5-7-18(23)25(19)33(32-24)22-8-6-17(29)11-21(22)30;1-27(2)19-8-6-18(23(27)15-19)16-30-26(33)24-22-10-7-17-14-20(28)9-11-21(17)25(22)32(31-24)13-5-3-4-12-29;1-27(2)19-8-6-18(23(27)15-19)16-30-26(33)24-22-10-7-17-14-20(29)9-11-21(17)25(22)32(31-24)13-5-3-4-12-28/h4,7-10,12,16-17,21H,5-6,11,13-14H2,1-3H3,(H,31,34);5-8,10-11,14-15,20H,3-4,9,12-13H2,1-2H3,(H,31,34);2*9,11,14,18-19,23H,3-8,10,12-13,15-16H2,1-2H3,(H,30,33). The van der Waals surface area contributed by atoms with Crippen LogP contribution in [-0.2, 0) is 52.0 Å². The molecule has 12 saturated carbocycles. The van der Waals surface area contributed by atoms with Gasteiger partial charge in [0.1, 0.15) is 24.7 Å². The van der Waals surface area contributed by atoms with E-state index >= 15 is 0 Å². The van der Waals surface area contributed by atoms with Crippen molar-refractivity contribution in [1.29, 1.82) is 0 Å². The number of alkyl halides is 2. The Kier molecular flexibility index (Phi) is 28.6. The molecule has 0 saturated heterocycles. The molecule has 0 spiro atoms. The molecule has 16 aliphatic rings. The molecule has 6 heterocycles. The van der Waals surface area contributed by atoms with E-state index in [0.29, 0.717) is 136 Å². The van der Waals surface area contributed by atoms with Crippen molar-refractivity contribution >= 4 is 137 Å². The van der Waals surface area contributed by atoms with Gasteiger partial charge in [0, 0.05) is 120 Å². The minimum absolute atomic E-state index is 0.00516. The third-order valence-corrected chi connectivity index (χ3v) is 37.4. The number of hydrogen-bond acceptors (Lipinski definition) is 10. The molecule has 8 bridgehead atoms. The molecule has 0 radical (unpaired) electrons. The van der Waals surface area contributed by atoms with Crippen molar-refractivity contribution in [2.45, 2.75) is 230 Å². The second-order valence-electron chi connectivity index (χ2n) is 43.1. The summed E-state index contributed by atoms with van der Waals surface area (Å²) in [5.74, 6) is 11.0. The maximum Gasteiger partial charge on any atom is 0.272 e. The van der Waals surface area contributed by atoms with Gasteiger partial charge < -0.3 is 30.7 Å². The number of aryl methyl sites for hydroxylation is 5. The first-order valence-electron chi connectivity index (χ1n) is 49.6. The molecule has 2 aliphatic heterocycles. The van der Waals surface area contributed by atoms with Crippen molar-refractivity contribution in [2.24, 2.45) is 92.7 Å². The number of amides is 4. The quantitative estimate of drug-likeness (QED) is 0.0333. The van der Waals surface area contributed by atoms with E-state index in [4.69, 9.17) is 111 Å². The summed E-state index contributed by atoms with van der Waals surface area (Å²) < 4.78 is 21.8. The van der Waals surface area contributed by atoms with Crippen LogP contribution in [0.25, 0.3) is 56.4 Å². The Balaban J connectivity index is 0.000000116. The number of halogens is 9. The molecule has 4 amide bonds. The number of ether oxygens (including phenoxy) is 2. The van der Waals surface area contributed by atoms with Crippen molar-refractivity contribution in [1.82, 2.24) is 60.4 Å². The van der Waals surface area contributed by atoms with Gasteiger partial charge in [-0.1, -0.05) is 176 Å². The zero-order valence-electron chi connectivity index (χ0n) is 79.4. The molecule has 18 nitrogen and oxygen atoms in total. The van der Waals surface area contributed by atoms with E-state index in [1.165, 1.54) is 99.3 Å². The largest absolute Gasteiger partial charge is 0.488 e. The first kappa shape index (κ1) is 97.5. The van der Waals surface area contributed by atoms with Crippen LogP contribution in [0.2, 0.25) is 25.1 Å². The first-order valence-corrected chi connectivity index (χ1v) is 54.1.